The van der Waals surface area contributed by atoms with Crippen LogP contribution in [0.1, 0.15) is 41.4 Å². The average Bonchev–Trinajstić information content (AvgIpc) is 2.88. The highest BCUT2D eigenvalue weighted by atomic mass is 32.1. The third-order valence-electron chi connectivity index (χ3n) is 3.88. The van der Waals surface area contributed by atoms with E-state index in [1.807, 2.05) is 11.4 Å². The molecule has 1 saturated heterocycles. The van der Waals surface area contributed by atoms with Gasteiger partial charge < -0.3 is 9.84 Å². The molecule has 1 aromatic rings. The van der Waals surface area contributed by atoms with Crippen molar-refractivity contribution in [3.63, 3.8) is 0 Å². The number of hydrogen-bond donors (Lipinski definition) is 1. The van der Waals surface area contributed by atoms with Crippen LogP contribution in [0.5, 0.6) is 0 Å². The summed E-state index contributed by atoms with van der Waals surface area (Å²) in [6.07, 6.45) is 3.34. The van der Waals surface area contributed by atoms with Gasteiger partial charge in [0.05, 0.1) is 13.7 Å². The fourth-order valence-corrected chi connectivity index (χ4v) is 3.58. The van der Waals surface area contributed by atoms with Crippen molar-refractivity contribution < 1.29 is 14.6 Å². The minimum Gasteiger partial charge on any atom is -0.465 e. The normalized spacial score (nSPS) is 24.4. The van der Waals surface area contributed by atoms with Crippen molar-refractivity contribution in [2.24, 2.45) is 0 Å². The monoisotopic (exact) mass is 283 g/mol. The van der Waals surface area contributed by atoms with Crippen molar-refractivity contribution in [1.82, 2.24) is 4.90 Å². The van der Waals surface area contributed by atoms with E-state index >= 15 is 0 Å². The van der Waals surface area contributed by atoms with Gasteiger partial charge in [0.1, 0.15) is 4.88 Å². The van der Waals surface area contributed by atoms with E-state index in [9.17, 15) is 9.90 Å². The zero-order valence-corrected chi connectivity index (χ0v) is 12.3. The number of aliphatic hydroxyl groups is 1. The van der Waals surface area contributed by atoms with Crippen LogP contribution in [0.4, 0.5) is 0 Å². The van der Waals surface area contributed by atoms with Gasteiger partial charge in [-0.1, -0.05) is 6.42 Å². The summed E-state index contributed by atoms with van der Waals surface area (Å²) in [5, 5.41) is 11.4. The van der Waals surface area contributed by atoms with Crippen molar-refractivity contribution in [2.45, 2.75) is 44.8 Å². The highest BCUT2D eigenvalue weighted by Gasteiger charge is 2.28. The molecule has 0 amide bonds. The Balaban J connectivity index is 2.15. The maximum atomic E-state index is 11.7. The highest BCUT2D eigenvalue weighted by molar-refractivity contribution is 7.12. The Bertz CT molecular complexity index is 432. The van der Waals surface area contributed by atoms with Gasteiger partial charge in [-0.3, -0.25) is 4.90 Å². The first-order chi connectivity index (χ1) is 9.17. The molecule has 1 aliphatic rings. The molecule has 19 heavy (non-hydrogen) atoms. The molecule has 5 heteroatoms. The Morgan fingerprint density at radius 3 is 3.05 bits per heavy atom. The Morgan fingerprint density at radius 2 is 2.37 bits per heavy atom. The Hall–Kier alpha value is -0.910. The number of rotatable bonds is 4. The smallest absolute Gasteiger partial charge is 0.348 e. The lowest BCUT2D eigenvalue weighted by Crippen LogP contribution is -2.46. The molecular weight excluding hydrogens is 262 g/mol. The molecule has 0 unspecified atom stereocenters. The predicted octanol–water partition coefficient (Wildman–Crippen LogP) is 2.27. The van der Waals surface area contributed by atoms with E-state index in [2.05, 4.69) is 11.8 Å². The number of aliphatic hydroxyl groups excluding tert-OH is 1. The lowest BCUT2D eigenvalue weighted by molar-refractivity contribution is 0.0442. The summed E-state index contributed by atoms with van der Waals surface area (Å²) in [5.74, 6) is -0.268. The number of esters is 1. The second kappa shape index (κ2) is 6.50. The molecule has 106 valence electrons. The second-order valence-corrected chi connectivity index (χ2v) is 5.97. The molecule has 4 nitrogen and oxygen atoms in total. The van der Waals surface area contributed by atoms with Crippen molar-refractivity contribution in [3.05, 3.63) is 21.9 Å². The van der Waals surface area contributed by atoms with Crippen LogP contribution in [0.3, 0.4) is 0 Å². The first-order valence-corrected chi connectivity index (χ1v) is 7.56. The van der Waals surface area contributed by atoms with Crippen LogP contribution in [0, 0.1) is 0 Å². The van der Waals surface area contributed by atoms with Gasteiger partial charge in [0.25, 0.3) is 0 Å². The number of thiophene rings is 1. The highest BCUT2D eigenvalue weighted by Crippen LogP contribution is 2.27. The van der Waals surface area contributed by atoms with E-state index in [4.69, 9.17) is 4.74 Å². The standard InChI is InChI=1S/C14H21NO3S/c1-10-4-3-5-12(9-16)15(10)8-11-6-7-19-13(11)14(17)18-2/h6-7,10,12,16H,3-5,8-9H2,1-2H3/t10-,12-/m1/s1. The van der Waals surface area contributed by atoms with Gasteiger partial charge in [-0.05, 0) is 36.8 Å². The SMILES string of the molecule is COC(=O)c1sccc1CN1[C@@H](CO)CCC[C@H]1C. The number of methoxy groups -OCH3 is 1. The molecule has 2 rings (SSSR count). The summed E-state index contributed by atoms with van der Waals surface area (Å²) >= 11 is 1.42. The molecule has 1 fully saturated rings. The maximum absolute atomic E-state index is 11.7. The second-order valence-electron chi connectivity index (χ2n) is 5.06. The van der Waals surface area contributed by atoms with Crippen molar-refractivity contribution in [3.8, 4) is 0 Å². The number of piperidine rings is 1. The van der Waals surface area contributed by atoms with Crippen LogP contribution < -0.4 is 0 Å². The van der Waals surface area contributed by atoms with E-state index in [0.717, 1.165) is 24.8 Å². The van der Waals surface area contributed by atoms with E-state index in [1.165, 1.54) is 18.4 Å². The lowest BCUT2D eigenvalue weighted by atomic mass is 9.96. The number of hydrogen-bond acceptors (Lipinski definition) is 5. The summed E-state index contributed by atoms with van der Waals surface area (Å²) < 4.78 is 4.81. The third kappa shape index (κ3) is 3.16. The van der Waals surface area contributed by atoms with Gasteiger partial charge in [-0.25, -0.2) is 4.79 Å². The number of carbonyl (C=O) groups is 1. The van der Waals surface area contributed by atoms with Crippen LogP contribution in [0.15, 0.2) is 11.4 Å². The molecule has 0 bridgehead atoms. The van der Waals surface area contributed by atoms with Crippen molar-refractivity contribution in [1.29, 1.82) is 0 Å². The molecule has 1 aliphatic heterocycles. The van der Waals surface area contributed by atoms with Crippen molar-refractivity contribution >= 4 is 17.3 Å². The van der Waals surface area contributed by atoms with Gasteiger partial charge in [-0.2, -0.15) is 0 Å². The summed E-state index contributed by atoms with van der Waals surface area (Å²) in [6, 6.07) is 2.62. The summed E-state index contributed by atoms with van der Waals surface area (Å²) in [4.78, 5) is 14.7. The quantitative estimate of drug-likeness (QED) is 0.861. The average molecular weight is 283 g/mol. The van der Waals surface area contributed by atoms with Gasteiger partial charge in [0, 0.05) is 18.6 Å². The molecule has 0 saturated carbocycles. The minimum atomic E-state index is -0.268. The molecule has 2 atom stereocenters. The van der Waals surface area contributed by atoms with Crippen LogP contribution in [0.25, 0.3) is 0 Å². The largest absolute Gasteiger partial charge is 0.465 e. The van der Waals surface area contributed by atoms with E-state index < -0.39 is 0 Å². The summed E-state index contributed by atoms with van der Waals surface area (Å²) in [7, 11) is 1.41. The molecular formula is C14H21NO3S. The zero-order chi connectivity index (χ0) is 13.8. The minimum absolute atomic E-state index is 0.183. The summed E-state index contributed by atoms with van der Waals surface area (Å²) in [6.45, 7) is 3.08. The number of likely N-dealkylation sites (tertiary alicyclic amines) is 1. The zero-order valence-electron chi connectivity index (χ0n) is 11.5. The fourth-order valence-electron chi connectivity index (χ4n) is 2.75. The Morgan fingerprint density at radius 1 is 1.58 bits per heavy atom. The topological polar surface area (TPSA) is 49.8 Å². The molecule has 0 aliphatic carbocycles. The molecule has 0 spiro atoms. The van der Waals surface area contributed by atoms with Crippen LogP contribution >= 0.6 is 11.3 Å². The first kappa shape index (κ1) is 14.5. The van der Waals surface area contributed by atoms with E-state index in [1.54, 1.807) is 0 Å². The fraction of sp³-hybridized carbons (Fsp3) is 0.643. The molecule has 1 aromatic heterocycles. The van der Waals surface area contributed by atoms with Gasteiger partial charge in [0.15, 0.2) is 0 Å². The Kier molecular flexibility index (Phi) is 4.96. The molecule has 0 radical (unpaired) electrons. The van der Waals surface area contributed by atoms with Gasteiger partial charge >= 0.3 is 5.97 Å². The number of nitrogens with zero attached hydrogens (tertiary/aromatic N) is 1. The molecule has 0 aromatic carbocycles. The molecule has 1 N–H and O–H groups in total. The van der Waals surface area contributed by atoms with Crippen molar-refractivity contribution in [2.75, 3.05) is 13.7 Å². The first-order valence-electron chi connectivity index (χ1n) is 6.68. The lowest BCUT2D eigenvalue weighted by Gasteiger charge is -2.39. The summed E-state index contributed by atoms with van der Waals surface area (Å²) in [5.41, 5.74) is 1.00. The predicted molar refractivity (Wildman–Crippen MR) is 75.4 cm³/mol. The van der Waals surface area contributed by atoms with Crippen LogP contribution in [-0.2, 0) is 11.3 Å². The number of ether oxygens (including phenoxy) is 1. The maximum Gasteiger partial charge on any atom is 0.348 e. The number of carbonyl (C=O) groups excluding carboxylic acids is 1. The Labute approximate surface area is 118 Å². The third-order valence-corrected chi connectivity index (χ3v) is 4.81. The van der Waals surface area contributed by atoms with Crippen LogP contribution in [0.2, 0.25) is 0 Å². The van der Waals surface area contributed by atoms with E-state index in [0.29, 0.717) is 17.5 Å². The van der Waals surface area contributed by atoms with Crippen LogP contribution in [-0.4, -0.2) is 41.8 Å². The van der Waals surface area contributed by atoms with Gasteiger partial charge in [-0.15, -0.1) is 11.3 Å². The van der Waals surface area contributed by atoms with E-state index in [-0.39, 0.29) is 18.6 Å². The van der Waals surface area contributed by atoms with Gasteiger partial charge in [0.2, 0.25) is 0 Å². The molecule has 2 heterocycles.